The van der Waals surface area contributed by atoms with Gasteiger partial charge in [-0.25, -0.2) is 0 Å². The van der Waals surface area contributed by atoms with Crippen LogP contribution in [-0.4, -0.2) is 56.7 Å². The standard InChI is InChI=1S/C16H22N4O3/c1-13-17-18-16(23-13)20-9-7-19(8-10-20)14-5-3-4-6-15(14)22-12-11-21-2/h3-6H,7-12H2,1-2H3. The SMILES string of the molecule is COCCOc1ccccc1N1CCN(c2nnc(C)o2)CC1. The van der Waals surface area contributed by atoms with Gasteiger partial charge in [0.15, 0.2) is 0 Å². The van der Waals surface area contributed by atoms with Gasteiger partial charge in [0.1, 0.15) is 12.4 Å². The van der Waals surface area contributed by atoms with Crippen LogP contribution in [0.2, 0.25) is 0 Å². The minimum Gasteiger partial charge on any atom is -0.489 e. The zero-order chi connectivity index (χ0) is 16.1. The fraction of sp³-hybridized carbons (Fsp3) is 0.500. The van der Waals surface area contributed by atoms with Crippen LogP contribution in [-0.2, 0) is 4.74 Å². The van der Waals surface area contributed by atoms with Gasteiger partial charge in [0.05, 0.1) is 12.3 Å². The molecular formula is C16H22N4O3. The maximum atomic E-state index is 5.82. The molecule has 0 amide bonds. The van der Waals surface area contributed by atoms with E-state index in [9.17, 15) is 0 Å². The molecule has 0 N–H and O–H groups in total. The Kier molecular flexibility index (Phi) is 4.97. The number of piperazine rings is 1. The minimum absolute atomic E-state index is 0.550. The van der Waals surface area contributed by atoms with Crippen LogP contribution in [0.5, 0.6) is 5.75 Å². The number of benzene rings is 1. The van der Waals surface area contributed by atoms with E-state index in [-0.39, 0.29) is 0 Å². The number of hydrogen-bond donors (Lipinski definition) is 0. The van der Waals surface area contributed by atoms with Crippen molar-refractivity contribution in [3.05, 3.63) is 30.2 Å². The zero-order valence-electron chi connectivity index (χ0n) is 13.6. The van der Waals surface area contributed by atoms with Gasteiger partial charge in [-0.2, -0.15) is 0 Å². The average molecular weight is 318 g/mol. The molecule has 1 aliphatic rings. The summed E-state index contributed by atoms with van der Waals surface area (Å²) in [6.07, 6.45) is 0. The molecule has 7 nitrogen and oxygen atoms in total. The molecule has 1 saturated heterocycles. The highest BCUT2D eigenvalue weighted by Gasteiger charge is 2.22. The Bertz CT molecular complexity index is 623. The molecule has 0 aliphatic carbocycles. The summed E-state index contributed by atoms with van der Waals surface area (Å²) >= 11 is 0. The van der Waals surface area contributed by atoms with Gasteiger partial charge in [-0.1, -0.05) is 17.2 Å². The Morgan fingerprint density at radius 2 is 1.78 bits per heavy atom. The number of para-hydroxylation sites is 2. The summed E-state index contributed by atoms with van der Waals surface area (Å²) in [6, 6.07) is 8.72. The van der Waals surface area contributed by atoms with E-state index in [1.54, 1.807) is 14.0 Å². The molecule has 1 aliphatic heterocycles. The van der Waals surface area contributed by atoms with Crippen molar-refractivity contribution in [2.75, 3.05) is 56.3 Å². The monoisotopic (exact) mass is 318 g/mol. The van der Waals surface area contributed by atoms with Crippen LogP contribution in [0, 0.1) is 6.92 Å². The van der Waals surface area contributed by atoms with Gasteiger partial charge in [0.2, 0.25) is 5.89 Å². The molecule has 23 heavy (non-hydrogen) atoms. The highest BCUT2D eigenvalue weighted by molar-refractivity contribution is 5.59. The Balaban J connectivity index is 1.63. The fourth-order valence-electron chi connectivity index (χ4n) is 2.63. The Morgan fingerprint density at radius 3 is 2.48 bits per heavy atom. The molecule has 2 heterocycles. The summed E-state index contributed by atoms with van der Waals surface area (Å²) in [4.78, 5) is 4.44. The molecule has 3 rings (SSSR count). The van der Waals surface area contributed by atoms with Crippen LogP contribution in [0.1, 0.15) is 5.89 Å². The maximum Gasteiger partial charge on any atom is 0.318 e. The lowest BCUT2D eigenvalue weighted by Crippen LogP contribution is -2.46. The van der Waals surface area contributed by atoms with E-state index in [1.807, 2.05) is 18.2 Å². The Hall–Kier alpha value is -2.28. The van der Waals surface area contributed by atoms with E-state index in [0.717, 1.165) is 37.6 Å². The van der Waals surface area contributed by atoms with Crippen LogP contribution < -0.4 is 14.5 Å². The molecule has 0 spiro atoms. The lowest BCUT2D eigenvalue weighted by atomic mass is 10.2. The molecule has 0 radical (unpaired) electrons. The van der Waals surface area contributed by atoms with Gasteiger partial charge in [-0.15, -0.1) is 5.10 Å². The highest BCUT2D eigenvalue weighted by Crippen LogP contribution is 2.29. The molecule has 1 fully saturated rings. The van der Waals surface area contributed by atoms with Crippen molar-refractivity contribution in [1.29, 1.82) is 0 Å². The third-order valence-electron chi connectivity index (χ3n) is 3.82. The summed E-state index contributed by atoms with van der Waals surface area (Å²) in [5, 5.41) is 7.98. The quantitative estimate of drug-likeness (QED) is 0.752. The van der Waals surface area contributed by atoms with E-state index >= 15 is 0 Å². The molecule has 124 valence electrons. The second-order valence-electron chi connectivity index (χ2n) is 5.39. The molecule has 1 aromatic heterocycles. The molecular weight excluding hydrogens is 296 g/mol. The Morgan fingerprint density at radius 1 is 1.04 bits per heavy atom. The first-order chi connectivity index (χ1) is 11.3. The van der Waals surface area contributed by atoms with E-state index in [2.05, 4.69) is 26.1 Å². The number of methoxy groups -OCH3 is 1. The number of aryl methyl sites for hydroxylation is 1. The zero-order valence-corrected chi connectivity index (χ0v) is 13.6. The average Bonchev–Trinajstić information content (AvgIpc) is 3.02. The van der Waals surface area contributed by atoms with E-state index < -0.39 is 0 Å². The van der Waals surface area contributed by atoms with Crippen molar-refractivity contribution in [3.63, 3.8) is 0 Å². The number of ether oxygens (including phenoxy) is 2. The summed E-state index contributed by atoms with van der Waals surface area (Å²) in [5.74, 6) is 1.49. The smallest absolute Gasteiger partial charge is 0.318 e. The van der Waals surface area contributed by atoms with Gasteiger partial charge in [0.25, 0.3) is 0 Å². The van der Waals surface area contributed by atoms with Gasteiger partial charge in [0, 0.05) is 40.2 Å². The van der Waals surface area contributed by atoms with Gasteiger partial charge >= 0.3 is 6.01 Å². The second kappa shape index (κ2) is 7.32. The first-order valence-corrected chi connectivity index (χ1v) is 7.78. The van der Waals surface area contributed by atoms with Crippen LogP contribution in [0.15, 0.2) is 28.7 Å². The van der Waals surface area contributed by atoms with Crippen molar-refractivity contribution in [1.82, 2.24) is 10.2 Å². The van der Waals surface area contributed by atoms with Gasteiger partial charge in [-0.05, 0) is 12.1 Å². The van der Waals surface area contributed by atoms with Crippen molar-refractivity contribution >= 4 is 11.7 Å². The number of hydrogen-bond acceptors (Lipinski definition) is 7. The van der Waals surface area contributed by atoms with Crippen molar-refractivity contribution in [2.24, 2.45) is 0 Å². The first-order valence-electron chi connectivity index (χ1n) is 7.78. The summed E-state index contributed by atoms with van der Waals surface area (Å²) in [5.41, 5.74) is 1.12. The molecule has 2 aromatic rings. The largest absolute Gasteiger partial charge is 0.489 e. The molecule has 1 aromatic carbocycles. The van der Waals surface area contributed by atoms with Crippen LogP contribution in [0.4, 0.5) is 11.7 Å². The van der Waals surface area contributed by atoms with Crippen LogP contribution in [0.25, 0.3) is 0 Å². The third kappa shape index (κ3) is 3.73. The Labute approximate surface area is 135 Å². The molecule has 0 atom stereocenters. The lowest BCUT2D eigenvalue weighted by Gasteiger charge is -2.35. The van der Waals surface area contributed by atoms with Gasteiger partial charge in [-0.3, -0.25) is 0 Å². The van der Waals surface area contributed by atoms with Crippen LogP contribution >= 0.6 is 0 Å². The van der Waals surface area contributed by atoms with Gasteiger partial charge < -0.3 is 23.7 Å². The highest BCUT2D eigenvalue weighted by atomic mass is 16.5. The van der Waals surface area contributed by atoms with E-state index in [0.29, 0.717) is 25.1 Å². The topological polar surface area (TPSA) is 63.9 Å². The van der Waals surface area contributed by atoms with Crippen molar-refractivity contribution < 1.29 is 13.9 Å². The van der Waals surface area contributed by atoms with Crippen molar-refractivity contribution in [3.8, 4) is 5.75 Å². The summed E-state index contributed by atoms with van der Waals surface area (Å²) in [7, 11) is 1.67. The number of nitrogens with zero attached hydrogens (tertiary/aromatic N) is 4. The maximum absolute atomic E-state index is 5.82. The fourth-order valence-corrected chi connectivity index (χ4v) is 2.63. The predicted octanol–water partition coefficient (Wildman–Crippen LogP) is 1.73. The van der Waals surface area contributed by atoms with E-state index in [4.69, 9.17) is 13.9 Å². The molecule has 7 heteroatoms. The predicted molar refractivity (Wildman–Crippen MR) is 87.3 cm³/mol. The summed E-state index contributed by atoms with van der Waals surface area (Å²) in [6.45, 7) is 6.38. The van der Waals surface area contributed by atoms with E-state index in [1.165, 1.54) is 0 Å². The molecule has 0 bridgehead atoms. The lowest BCUT2D eigenvalue weighted by molar-refractivity contribution is 0.146. The van der Waals surface area contributed by atoms with Crippen LogP contribution in [0.3, 0.4) is 0 Å². The number of rotatable bonds is 6. The molecule has 0 saturated carbocycles. The first kappa shape index (κ1) is 15.6. The second-order valence-corrected chi connectivity index (χ2v) is 5.39. The minimum atomic E-state index is 0.550. The normalized spacial score (nSPS) is 15.0. The number of anilines is 2. The number of aromatic nitrogens is 2. The molecule has 0 unspecified atom stereocenters. The third-order valence-corrected chi connectivity index (χ3v) is 3.82. The van der Waals surface area contributed by atoms with Crippen molar-refractivity contribution in [2.45, 2.75) is 6.92 Å². The summed E-state index contributed by atoms with van der Waals surface area (Å²) < 4.78 is 16.4.